The number of hydrogen-bond acceptors (Lipinski definition) is 4. The van der Waals surface area contributed by atoms with Gasteiger partial charge in [0.25, 0.3) is 0 Å². The Hall–Kier alpha value is -1.00. The van der Waals surface area contributed by atoms with Crippen molar-refractivity contribution < 1.29 is 9.84 Å². The van der Waals surface area contributed by atoms with Crippen LogP contribution < -0.4 is 0 Å². The summed E-state index contributed by atoms with van der Waals surface area (Å²) in [4.78, 5) is 8.02. The molecule has 4 heteroatoms. The van der Waals surface area contributed by atoms with Crippen LogP contribution in [0.1, 0.15) is 31.1 Å². The minimum atomic E-state index is -0.657. The summed E-state index contributed by atoms with van der Waals surface area (Å²) in [7, 11) is 1.64. The van der Waals surface area contributed by atoms with Gasteiger partial charge in [0, 0.05) is 19.5 Å². The lowest BCUT2D eigenvalue weighted by Gasteiger charge is -2.43. The van der Waals surface area contributed by atoms with E-state index < -0.39 is 11.7 Å². The third kappa shape index (κ3) is 1.40. The molecule has 2 rings (SSSR count). The molecule has 1 aromatic heterocycles. The quantitative estimate of drug-likeness (QED) is 0.782. The van der Waals surface area contributed by atoms with Crippen LogP contribution in [0.15, 0.2) is 18.6 Å². The van der Waals surface area contributed by atoms with Crippen LogP contribution in [0.25, 0.3) is 0 Å². The lowest BCUT2D eigenvalue weighted by Crippen LogP contribution is -2.45. The first kappa shape index (κ1) is 9.55. The van der Waals surface area contributed by atoms with Gasteiger partial charge in [-0.1, -0.05) is 0 Å². The molecule has 1 aliphatic rings. The largest absolute Gasteiger partial charge is 0.384 e. The second-order valence-corrected chi connectivity index (χ2v) is 3.66. The first-order valence-electron chi connectivity index (χ1n) is 4.78. The maximum atomic E-state index is 10.1. The summed E-state index contributed by atoms with van der Waals surface area (Å²) in [5.41, 5.74) is 0.171. The fraction of sp³-hybridized carbons (Fsp3) is 0.600. The maximum absolute atomic E-state index is 10.1. The molecule has 4 nitrogen and oxygen atoms in total. The fourth-order valence-electron chi connectivity index (χ4n) is 1.84. The van der Waals surface area contributed by atoms with Gasteiger partial charge in [0.1, 0.15) is 6.10 Å². The molecule has 0 radical (unpaired) electrons. The number of aromatic nitrogens is 2. The summed E-state index contributed by atoms with van der Waals surface area (Å²) in [6.45, 7) is 0. The molecule has 0 bridgehead atoms. The maximum Gasteiger partial charge on any atom is 0.126 e. The normalized spacial score (nSPS) is 21.3. The van der Waals surface area contributed by atoms with E-state index in [0.717, 1.165) is 19.3 Å². The summed E-state index contributed by atoms with van der Waals surface area (Å²) < 4.78 is 5.37. The highest BCUT2D eigenvalue weighted by Gasteiger charge is 2.45. The summed E-state index contributed by atoms with van der Waals surface area (Å²) in [5, 5.41) is 10.1. The molecular formula is C10H14N2O2. The first-order chi connectivity index (χ1) is 6.78. The molecule has 0 amide bonds. The van der Waals surface area contributed by atoms with Crippen molar-refractivity contribution in [2.24, 2.45) is 0 Å². The smallest absolute Gasteiger partial charge is 0.126 e. The predicted octanol–water partition coefficient (Wildman–Crippen LogP) is 1.08. The predicted molar refractivity (Wildman–Crippen MR) is 50.6 cm³/mol. The van der Waals surface area contributed by atoms with Gasteiger partial charge in [-0.25, -0.2) is 0 Å². The minimum Gasteiger partial charge on any atom is -0.384 e. The Bertz CT molecular complexity index is 293. The van der Waals surface area contributed by atoms with Gasteiger partial charge in [-0.15, -0.1) is 0 Å². The van der Waals surface area contributed by atoms with E-state index in [1.165, 1.54) is 0 Å². The van der Waals surface area contributed by atoms with E-state index in [-0.39, 0.29) is 0 Å². The van der Waals surface area contributed by atoms with Gasteiger partial charge in [-0.05, 0) is 19.3 Å². The van der Waals surface area contributed by atoms with Crippen molar-refractivity contribution in [1.82, 2.24) is 9.97 Å². The highest BCUT2D eigenvalue weighted by atomic mass is 16.5. The van der Waals surface area contributed by atoms with Gasteiger partial charge < -0.3 is 9.84 Å². The van der Waals surface area contributed by atoms with Crippen LogP contribution in [0, 0.1) is 0 Å². The fourth-order valence-corrected chi connectivity index (χ4v) is 1.84. The Kier molecular flexibility index (Phi) is 2.48. The van der Waals surface area contributed by atoms with Gasteiger partial charge >= 0.3 is 0 Å². The topological polar surface area (TPSA) is 55.2 Å². The summed E-state index contributed by atoms with van der Waals surface area (Å²) in [6, 6.07) is 0. The van der Waals surface area contributed by atoms with E-state index >= 15 is 0 Å². The van der Waals surface area contributed by atoms with E-state index in [0.29, 0.717) is 5.69 Å². The van der Waals surface area contributed by atoms with Crippen molar-refractivity contribution in [2.75, 3.05) is 7.11 Å². The molecule has 1 heterocycles. The third-order valence-corrected chi connectivity index (χ3v) is 2.97. The first-order valence-corrected chi connectivity index (χ1v) is 4.78. The van der Waals surface area contributed by atoms with Gasteiger partial charge in [0.05, 0.1) is 17.5 Å². The molecule has 1 aliphatic carbocycles. The SMILES string of the molecule is COC1(C(O)c2cnccn2)CCC1. The van der Waals surface area contributed by atoms with Gasteiger partial charge in [0.2, 0.25) is 0 Å². The molecule has 0 spiro atoms. The number of aliphatic hydroxyl groups excluding tert-OH is 1. The van der Waals surface area contributed by atoms with Gasteiger partial charge in [-0.3, -0.25) is 9.97 Å². The zero-order valence-corrected chi connectivity index (χ0v) is 8.18. The number of rotatable bonds is 3. The van der Waals surface area contributed by atoms with Crippen LogP contribution in [0.3, 0.4) is 0 Å². The lowest BCUT2D eigenvalue weighted by atomic mass is 9.75. The number of hydrogen-bond donors (Lipinski definition) is 1. The van der Waals surface area contributed by atoms with E-state index in [1.807, 2.05) is 0 Å². The Morgan fingerprint density at radius 1 is 1.50 bits per heavy atom. The zero-order valence-electron chi connectivity index (χ0n) is 8.18. The zero-order chi connectivity index (χ0) is 10.0. The second kappa shape index (κ2) is 3.63. The number of aliphatic hydroxyl groups is 1. The van der Waals surface area contributed by atoms with E-state index in [9.17, 15) is 5.11 Å². The Balaban J connectivity index is 2.19. The second-order valence-electron chi connectivity index (χ2n) is 3.66. The summed E-state index contributed by atoms with van der Waals surface area (Å²) in [5.74, 6) is 0. The molecule has 14 heavy (non-hydrogen) atoms. The molecule has 0 aromatic carbocycles. The number of ether oxygens (including phenoxy) is 1. The molecule has 0 aliphatic heterocycles. The van der Waals surface area contributed by atoms with Crippen LogP contribution in [-0.4, -0.2) is 27.8 Å². The number of nitrogens with zero attached hydrogens (tertiary/aromatic N) is 2. The van der Waals surface area contributed by atoms with E-state index in [1.54, 1.807) is 25.7 Å². The molecule has 1 fully saturated rings. The van der Waals surface area contributed by atoms with Crippen molar-refractivity contribution in [3.63, 3.8) is 0 Å². The molecule has 1 saturated carbocycles. The van der Waals surface area contributed by atoms with Crippen LogP contribution in [0.4, 0.5) is 0 Å². The Labute approximate surface area is 83.0 Å². The van der Waals surface area contributed by atoms with Crippen LogP contribution >= 0.6 is 0 Å². The minimum absolute atomic E-state index is 0.421. The third-order valence-electron chi connectivity index (χ3n) is 2.97. The van der Waals surface area contributed by atoms with Crippen molar-refractivity contribution in [2.45, 2.75) is 31.0 Å². The average molecular weight is 194 g/mol. The van der Waals surface area contributed by atoms with Gasteiger partial charge in [-0.2, -0.15) is 0 Å². The monoisotopic (exact) mass is 194 g/mol. The van der Waals surface area contributed by atoms with Crippen molar-refractivity contribution in [3.05, 3.63) is 24.3 Å². The molecule has 1 unspecified atom stereocenters. The molecule has 1 atom stereocenters. The van der Waals surface area contributed by atoms with Crippen LogP contribution in [0.5, 0.6) is 0 Å². The summed E-state index contributed by atoms with van der Waals surface area (Å²) in [6.07, 6.45) is 6.99. The Morgan fingerprint density at radius 2 is 2.29 bits per heavy atom. The number of methoxy groups -OCH3 is 1. The van der Waals surface area contributed by atoms with E-state index in [4.69, 9.17) is 4.74 Å². The lowest BCUT2D eigenvalue weighted by molar-refractivity contribution is -0.153. The van der Waals surface area contributed by atoms with Crippen molar-refractivity contribution in [1.29, 1.82) is 0 Å². The van der Waals surface area contributed by atoms with Gasteiger partial charge in [0.15, 0.2) is 0 Å². The highest BCUT2D eigenvalue weighted by molar-refractivity contribution is 5.09. The Morgan fingerprint density at radius 3 is 2.71 bits per heavy atom. The standard InChI is InChI=1S/C10H14N2O2/c1-14-10(3-2-4-10)9(13)8-7-11-5-6-12-8/h5-7,9,13H,2-4H2,1H3. The average Bonchev–Trinajstić information content (AvgIpc) is 2.18. The van der Waals surface area contributed by atoms with Crippen LogP contribution in [0.2, 0.25) is 0 Å². The van der Waals surface area contributed by atoms with E-state index in [2.05, 4.69) is 9.97 Å². The van der Waals surface area contributed by atoms with Crippen molar-refractivity contribution in [3.8, 4) is 0 Å². The highest BCUT2D eigenvalue weighted by Crippen LogP contribution is 2.44. The van der Waals surface area contributed by atoms with Crippen LogP contribution in [-0.2, 0) is 4.74 Å². The molecule has 76 valence electrons. The molecule has 1 N–H and O–H groups in total. The molecular weight excluding hydrogens is 180 g/mol. The molecule has 0 saturated heterocycles. The van der Waals surface area contributed by atoms with Crippen molar-refractivity contribution >= 4 is 0 Å². The summed E-state index contributed by atoms with van der Waals surface area (Å²) >= 11 is 0. The molecule has 1 aromatic rings.